The summed E-state index contributed by atoms with van der Waals surface area (Å²) in [6, 6.07) is 16.8. The molecule has 3 N–H and O–H groups in total. The zero-order chi connectivity index (χ0) is 27.5. The summed E-state index contributed by atoms with van der Waals surface area (Å²) < 4.78 is 11.2. The number of carbonyl (C=O) groups is 3. The second-order valence-corrected chi connectivity index (χ2v) is 8.61. The number of hydrazone groups is 1. The largest absolute Gasteiger partial charge is 0.490 e. The highest BCUT2D eigenvalue weighted by atomic mass is 35.5. The van der Waals surface area contributed by atoms with Crippen molar-refractivity contribution in [3.8, 4) is 11.5 Å². The third-order valence-corrected chi connectivity index (χ3v) is 5.61. The Morgan fingerprint density at radius 1 is 0.868 bits per heavy atom. The minimum Gasteiger partial charge on any atom is -0.490 e. The van der Waals surface area contributed by atoms with Crippen molar-refractivity contribution in [3.05, 3.63) is 81.8 Å². The van der Waals surface area contributed by atoms with E-state index in [4.69, 9.17) is 32.7 Å². The molecule has 0 atom stereocenters. The zero-order valence-corrected chi connectivity index (χ0v) is 22.2. The van der Waals surface area contributed by atoms with Crippen LogP contribution >= 0.6 is 23.2 Å². The third kappa shape index (κ3) is 8.22. The van der Waals surface area contributed by atoms with E-state index < -0.39 is 17.7 Å². The molecule has 0 aromatic heterocycles. The molecule has 0 saturated carbocycles. The summed E-state index contributed by atoms with van der Waals surface area (Å²) in [6.45, 7) is 3.81. The van der Waals surface area contributed by atoms with Crippen molar-refractivity contribution in [2.24, 2.45) is 5.10 Å². The SMILES string of the molecule is CCOc1cc(/C=N\NC(=O)C(=O)Nc2ccccc2CC)ccc1OCC(=O)Nc1ccc(Cl)cc1Cl. The van der Waals surface area contributed by atoms with Gasteiger partial charge in [-0.3, -0.25) is 14.4 Å². The molecule has 38 heavy (non-hydrogen) atoms. The van der Waals surface area contributed by atoms with Gasteiger partial charge in [-0.1, -0.05) is 48.3 Å². The van der Waals surface area contributed by atoms with Crippen LogP contribution in [0, 0.1) is 0 Å². The molecule has 11 heteroatoms. The number of nitrogens with one attached hydrogen (secondary N) is 3. The van der Waals surface area contributed by atoms with E-state index in [2.05, 4.69) is 21.2 Å². The Labute approximate surface area is 230 Å². The normalized spacial score (nSPS) is 10.6. The molecule has 0 bridgehead atoms. The molecule has 198 valence electrons. The maximum Gasteiger partial charge on any atom is 0.329 e. The first-order chi connectivity index (χ1) is 18.3. The van der Waals surface area contributed by atoms with Crippen LogP contribution in [-0.4, -0.2) is 37.1 Å². The summed E-state index contributed by atoms with van der Waals surface area (Å²) in [4.78, 5) is 36.7. The van der Waals surface area contributed by atoms with Crippen LogP contribution in [0.5, 0.6) is 11.5 Å². The number of halogens is 2. The van der Waals surface area contributed by atoms with E-state index in [9.17, 15) is 14.4 Å². The first-order valence-electron chi connectivity index (χ1n) is 11.7. The van der Waals surface area contributed by atoms with Crippen molar-refractivity contribution in [3.63, 3.8) is 0 Å². The standard InChI is InChI=1S/C27H26Cl2N4O5/c1-3-18-7-5-6-8-21(18)32-26(35)27(36)33-30-15-17-9-12-23(24(13-17)37-4-2)38-16-25(34)31-22-11-10-19(28)14-20(22)29/h5-15H,3-4,16H2,1-2H3,(H,31,34)(H,32,35)(H,33,36)/b30-15-. The van der Waals surface area contributed by atoms with Gasteiger partial charge in [0.15, 0.2) is 18.1 Å². The van der Waals surface area contributed by atoms with Gasteiger partial charge in [0.05, 0.1) is 23.5 Å². The van der Waals surface area contributed by atoms with E-state index >= 15 is 0 Å². The molecule has 3 aromatic rings. The van der Waals surface area contributed by atoms with Crippen LogP contribution < -0.4 is 25.5 Å². The number of para-hydroxylation sites is 1. The number of amides is 3. The van der Waals surface area contributed by atoms with Gasteiger partial charge in [-0.2, -0.15) is 5.10 Å². The van der Waals surface area contributed by atoms with Crippen LogP contribution in [0.1, 0.15) is 25.0 Å². The number of nitrogens with zero attached hydrogens (tertiary/aromatic N) is 1. The number of hydrogen-bond acceptors (Lipinski definition) is 6. The minimum absolute atomic E-state index is 0.293. The second-order valence-electron chi connectivity index (χ2n) is 7.76. The molecule has 0 unspecified atom stereocenters. The second kappa shape index (κ2) is 14.0. The van der Waals surface area contributed by atoms with Crippen LogP contribution in [0.15, 0.2) is 65.8 Å². The van der Waals surface area contributed by atoms with E-state index in [0.717, 1.165) is 5.56 Å². The van der Waals surface area contributed by atoms with Gasteiger partial charge in [-0.25, -0.2) is 5.43 Å². The lowest BCUT2D eigenvalue weighted by molar-refractivity contribution is -0.136. The Kier molecular flexibility index (Phi) is 10.5. The molecule has 0 aliphatic rings. The fraction of sp³-hybridized carbons (Fsp3) is 0.185. The number of hydrogen-bond donors (Lipinski definition) is 3. The van der Waals surface area contributed by atoms with E-state index in [1.54, 1.807) is 49.4 Å². The topological polar surface area (TPSA) is 118 Å². The Balaban J connectivity index is 1.57. The Bertz CT molecular complexity index is 1350. The van der Waals surface area contributed by atoms with Gasteiger partial charge in [0.25, 0.3) is 5.91 Å². The molecule has 3 aromatic carbocycles. The van der Waals surface area contributed by atoms with Crippen LogP contribution in [0.25, 0.3) is 0 Å². The molecule has 9 nitrogen and oxygen atoms in total. The smallest absolute Gasteiger partial charge is 0.329 e. The summed E-state index contributed by atoms with van der Waals surface area (Å²) in [5, 5.41) is 9.83. The van der Waals surface area contributed by atoms with Crippen molar-refractivity contribution in [2.45, 2.75) is 20.3 Å². The van der Waals surface area contributed by atoms with Crippen molar-refractivity contribution in [1.29, 1.82) is 0 Å². The molecule has 3 rings (SSSR count). The highest BCUT2D eigenvalue weighted by molar-refractivity contribution is 6.39. The minimum atomic E-state index is -0.913. The van der Waals surface area contributed by atoms with Crippen molar-refractivity contribution < 1.29 is 23.9 Å². The lowest BCUT2D eigenvalue weighted by atomic mass is 10.1. The van der Waals surface area contributed by atoms with Crippen molar-refractivity contribution in [2.75, 3.05) is 23.8 Å². The molecule has 0 spiro atoms. The average Bonchev–Trinajstić information content (AvgIpc) is 2.90. The van der Waals surface area contributed by atoms with Crippen molar-refractivity contribution >= 4 is 58.5 Å². The van der Waals surface area contributed by atoms with Crippen LogP contribution in [0.3, 0.4) is 0 Å². The maximum atomic E-state index is 12.3. The number of aryl methyl sites for hydroxylation is 1. The molecule has 0 aliphatic carbocycles. The first kappa shape index (κ1) is 28.5. The molecular formula is C27H26Cl2N4O5. The summed E-state index contributed by atoms with van der Waals surface area (Å²) in [5.41, 5.74) is 4.66. The average molecular weight is 557 g/mol. The number of carbonyl (C=O) groups excluding carboxylic acids is 3. The predicted octanol–water partition coefficient (Wildman–Crippen LogP) is 5.06. The van der Waals surface area contributed by atoms with Gasteiger partial charge >= 0.3 is 11.8 Å². The molecular weight excluding hydrogens is 531 g/mol. The van der Waals surface area contributed by atoms with E-state index in [-0.39, 0.29) is 6.61 Å². The van der Waals surface area contributed by atoms with Crippen LogP contribution in [-0.2, 0) is 20.8 Å². The summed E-state index contributed by atoms with van der Waals surface area (Å²) in [6.07, 6.45) is 2.06. The monoisotopic (exact) mass is 556 g/mol. The van der Waals surface area contributed by atoms with Gasteiger partial charge in [0, 0.05) is 10.7 Å². The number of benzene rings is 3. The summed E-state index contributed by atoms with van der Waals surface area (Å²) in [7, 11) is 0. The van der Waals surface area contributed by atoms with Crippen molar-refractivity contribution in [1.82, 2.24) is 5.43 Å². The zero-order valence-electron chi connectivity index (χ0n) is 20.7. The lowest BCUT2D eigenvalue weighted by Gasteiger charge is -2.13. The highest BCUT2D eigenvalue weighted by Crippen LogP contribution is 2.29. The molecule has 0 aliphatic heterocycles. The lowest BCUT2D eigenvalue weighted by Crippen LogP contribution is -2.32. The van der Waals surface area contributed by atoms with Gasteiger partial charge in [-0.15, -0.1) is 0 Å². The number of anilines is 2. The van der Waals surface area contributed by atoms with Gasteiger partial charge in [-0.05, 0) is 66.9 Å². The van der Waals surface area contributed by atoms with Gasteiger partial charge in [0.1, 0.15) is 0 Å². The number of ether oxygens (including phenoxy) is 2. The molecule has 0 radical (unpaired) electrons. The highest BCUT2D eigenvalue weighted by Gasteiger charge is 2.15. The molecule has 3 amide bonds. The number of rotatable bonds is 10. The Hall–Kier alpha value is -4.08. The maximum absolute atomic E-state index is 12.3. The Morgan fingerprint density at radius 2 is 1.66 bits per heavy atom. The van der Waals surface area contributed by atoms with Crippen LogP contribution in [0.4, 0.5) is 11.4 Å². The molecule has 0 saturated heterocycles. The quantitative estimate of drug-likeness (QED) is 0.183. The van der Waals surface area contributed by atoms with E-state index in [1.807, 2.05) is 19.1 Å². The van der Waals surface area contributed by atoms with Crippen LogP contribution in [0.2, 0.25) is 10.0 Å². The summed E-state index contributed by atoms with van der Waals surface area (Å²) in [5.74, 6) is -1.47. The van der Waals surface area contributed by atoms with Gasteiger partial charge in [0.2, 0.25) is 0 Å². The molecule has 0 heterocycles. The predicted molar refractivity (Wildman–Crippen MR) is 148 cm³/mol. The fourth-order valence-corrected chi connectivity index (χ4v) is 3.71. The van der Waals surface area contributed by atoms with E-state index in [0.29, 0.717) is 51.5 Å². The third-order valence-electron chi connectivity index (χ3n) is 5.06. The fourth-order valence-electron chi connectivity index (χ4n) is 3.26. The van der Waals surface area contributed by atoms with Gasteiger partial charge < -0.3 is 20.1 Å². The van der Waals surface area contributed by atoms with E-state index in [1.165, 1.54) is 12.3 Å². The molecule has 0 fully saturated rings. The first-order valence-corrected chi connectivity index (χ1v) is 12.4. The Morgan fingerprint density at radius 3 is 2.39 bits per heavy atom. The summed E-state index contributed by atoms with van der Waals surface area (Å²) >= 11 is 12.0.